The van der Waals surface area contributed by atoms with Crippen LogP contribution in [0.5, 0.6) is 17.2 Å². The molecular weight excluding hydrogens is 206 g/mol. The number of fused-ring (bicyclic) bond motifs is 1. The molecule has 0 radical (unpaired) electrons. The number of hydrogen-bond acceptors (Lipinski definition) is 4. The zero-order chi connectivity index (χ0) is 10.1. The monoisotopic (exact) mass is 211 g/mol. The summed E-state index contributed by atoms with van der Waals surface area (Å²) in [4.78, 5) is 0. The van der Waals surface area contributed by atoms with Gasteiger partial charge >= 0.3 is 0 Å². The lowest BCUT2D eigenvalue weighted by Gasteiger charge is -2.07. The number of ether oxygens (including phenoxy) is 3. The van der Waals surface area contributed by atoms with Crippen molar-refractivity contribution in [3.63, 3.8) is 0 Å². The molecule has 0 unspecified atom stereocenters. The number of halogens is 1. The summed E-state index contributed by atoms with van der Waals surface area (Å²) in [6.45, 7) is 0.105. The van der Waals surface area contributed by atoms with E-state index >= 15 is 0 Å². The van der Waals surface area contributed by atoms with Crippen molar-refractivity contribution in [3.05, 3.63) is 16.7 Å². The average molecular weight is 212 g/mol. The Balaban J connectivity index is 2.70. The molecule has 0 aromatic heterocycles. The molecule has 14 heavy (non-hydrogen) atoms. The van der Waals surface area contributed by atoms with Gasteiger partial charge in [-0.1, -0.05) is 11.6 Å². The lowest BCUT2D eigenvalue weighted by molar-refractivity contribution is 0.173. The third-order valence-corrected chi connectivity index (χ3v) is 2.17. The first-order chi connectivity index (χ1) is 6.77. The van der Waals surface area contributed by atoms with E-state index in [0.29, 0.717) is 22.3 Å². The Morgan fingerprint density at radius 3 is 3.00 bits per heavy atom. The van der Waals surface area contributed by atoms with Crippen molar-refractivity contribution >= 4 is 11.6 Å². The van der Waals surface area contributed by atoms with Gasteiger partial charge < -0.3 is 14.2 Å². The molecule has 0 aliphatic carbocycles. The van der Waals surface area contributed by atoms with Gasteiger partial charge in [0.25, 0.3) is 0 Å². The van der Waals surface area contributed by atoms with Crippen LogP contribution in [-0.4, -0.2) is 13.9 Å². The van der Waals surface area contributed by atoms with Crippen LogP contribution < -0.4 is 14.2 Å². The molecule has 72 valence electrons. The first kappa shape index (κ1) is 8.97. The number of methoxy groups -OCH3 is 1. The van der Waals surface area contributed by atoms with Crippen LogP contribution in [0.1, 0.15) is 5.56 Å². The summed E-state index contributed by atoms with van der Waals surface area (Å²) < 4.78 is 15.2. The van der Waals surface area contributed by atoms with Crippen molar-refractivity contribution in [1.29, 1.82) is 5.26 Å². The summed E-state index contributed by atoms with van der Waals surface area (Å²) in [5.41, 5.74) is 0.271. The van der Waals surface area contributed by atoms with Crippen LogP contribution in [0.4, 0.5) is 0 Å². The van der Waals surface area contributed by atoms with Crippen molar-refractivity contribution < 1.29 is 14.2 Å². The molecule has 1 heterocycles. The average Bonchev–Trinajstić information content (AvgIpc) is 2.62. The van der Waals surface area contributed by atoms with Crippen molar-refractivity contribution in [2.24, 2.45) is 0 Å². The van der Waals surface area contributed by atoms with Crippen LogP contribution in [-0.2, 0) is 0 Å². The molecule has 2 rings (SSSR count). The second-order valence-corrected chi connectivity index (χ2v) is 3.02. The highest BCUT2D eigenvalue weighted by molar-refractivity contribution is 6.32. The Hall–Kier alpha value is -1.60. The molecule has 4 nitrogen and oxygen atoms in total. The first-order valence-corrected chi connectivity index (χ1v) is 4.22. The van der Waals surface area contributed by atoms with E-state index < -0.39 is 0 Å². The maximum atomic E-state index is 8.91. The fourth-order valence-electron chi connectivity index (χ4n) is 1.30. The topological polar surface area (TPSA) is 51.5 Å². The van der Waals surface area contributed by atoms with Crippen LogP contribution in [0.2, 0.25) is 5.02 Å². The minimum absolute atomic E-state index is 0.105. The van der Waals surface area contributed by atoms with E-state index in [1.807, 2.05) is 6.07 Å². The number of nitriles is 1. The van der Waals surface area contributed by atoms with Crippen LogP contribution in [0.3, 0.4) is 0 Å². The molecule has 0 saturated heterocycles. The van der Waals surface area contributed by atoms with Crippen molar-refractivity contribution in [2.75, 3.05) is 13.9 Å². The molecule has 0 amide bonds. The van der Waals surface area contributed by atoms with E-state index in [4.69, 9.17) is 31.1 Å². The number of benzene rings is 1. The predicted octanol–water partition coefficient (Wildman–Crippen LogP) is 1.95. The smallest absolute Gasteiger partial charge is 0.231 e. The summed E-state index contributed by atoms with van der Waals surface area (Å²) >= 11 is 5.88. The molecule has 0 saturated carbocycles. The van der Waals surface area contributed by atoms with Gasteiger partial charge in [0.1, 0.15) is 11.6 Å². The molecule has 5 heteroatoms. The van der Waals surface area contributed by atoms with E-state index in [2.05, 4.69) is 0 Å². The van der Waals surface area contributed by atoms with E-state index in [0.717, 1.165) is 0 Å². The summed E-state index contributed by atoms with van der Waals surface area (Å²) in [6.07, 6.45) is 0. The van der Waals surface area contributed by atoms with Gasteiger partial charge in [-0.05, 0) is 0 Å². The number of rotatable bonds is 1. The maximum absolute atomic E-state index is 8.91. The zero-order valence-corrected chi connectivity index (χ0v) is 8.09. The predicted molar refractivity (Wildman–Crippen MR) is 48.8 cm³/mol. The van der Waals surface area contributed by atoms with Gasteiger partial charge in [0.15, 0.2) is 17.2 Å². The summed E-state index contributed by atoms with van der Waals surface area (Å²) in [5.74, 6) is 1.19. The Morgan fingerprint density at radius 1 is 1.57 bits per heavy atom. The van der Waals surface area contributed by atoms with Gasteiger partial charge in [-0.25, -0.2) is 0 Å². The first-order valence-electron chi connectivity index (χ1n) is 3.84. The Morgan fingerprint density at radius 2 is 2.36 bits per heavy atom. The number of hydrogen-bond donors (Lipinski definition) is 0. The highest BCUT2D eigenvalue weighted by Crippen LogP contribution is 2.44. The quantitative estimate of drug-likeness (QED) is 0.713. The van der Waals surface area contributed by atoms with Crippen LogP contribution >= 0.6 is 11.6 Å². The van der Waals surface area contributed by atoms with Crippen LogP contribution in [0.15, 0.2) is 6.07 Å². The maximum Gasteiger partial charge on any atom is 0.231 e. The molecule has 1 aromatic carbocycles. The largest absolute Gasteiger partial charge is 0.494 e. The van der Waals surface area contributed by atoms with Gasteiger partial charge in [0, 0.05) is 6.07 Å². The van der Waals surface area contributed by atoms with Gasteiger partial charge in [-0.2, -0.15) is 5.26 Å². The summed E-state index contributed by atoms with van der Waals surface area (Å²) in [6, 6.07) is 3.55. The molecule has 1 aliphatic heterocycles. The van der Waals surface area contributed by atoms with Gasteiger partial charge in [0.2, 0.25) is 6.79 Å². The van der Waals surface area contributed by atoms with E-state index in [9.17, 15) is 0 Å². The van der Waals surface area contributed by atoms with E-state index in [1.54, 1.807) is 6.07 Å². The lowest BCUT2D eigenvalue weighted by atomic mass is 10.2. The van der Waals surface area contributed by atoms with E-state index in [-0.39, 0.29) is 12.4 Å². The van der Waals surface area contributed by atoms with E-state index in [1.165, 1.54) is 7.11 Å². The fraction of sp³-hybridized carbons (Fsp3) is 0.222. The van der Waals surface area contributed by atoms with Gasteiger partial charge in [-0.15, -0.1) is 0 Å². The second kappa shape index (κ2) is 3.28. The minimum atomic E-state index is 0.105. The molecule has 0 atom stereocenters. The Labute approximate surface area is 85.6 Å². The van der Waals surface area contributed by atoms with Crippen molar-refractivity contribution in [3.8, 4) is 23.3 Å². The second-order valence-electron chi connectivity index (χ2n) is 2.61. The number of nitrogens with zero attached hydrogens (tertiary/aromatic N) is 1. The molecule has 0 fully saturated rings. The van der Waals surface area contributed by atoms with Gasteiger partial charge in [-0.3, -0.25) is 0 Å². The molecule has 0 N–H and O–H groups in total. The van der Waals surface area contributed by atoms with Crippen LogP contribution in [0, 0.1) is 11.3 Å². The Bertz CT molecular complexity index is 421. The highest BCUT2D eigenvalue weighted by Gasteiger charge is 2.24. The lowest BCUT2D eigenvalue weighted by Crippen LogP contribution is -1.94. The third-order valence-electron chi connectivity index (χ3n) is 1.89. The fourth-order valence-corrected chi connectivity index (χ4v) is 1.57. The molecule has 0 spiro atoms. The third kappa shape index (κ3) is 1.14. The van der Waals surface area contributed by atoms with Gasteiger partial charge in [0.05, 0.1) is 12.1 Å². The summed E-state index contributed by atoms with van der Waals surface area (Å²) in [5, 5.41) is 9.25. The molecule has 1 aromatic rings. The molecule has 1 aliphatic rings. The zero-order valence-electron chi connectivity index (χ0n) is 7.33. The standard InChI is InChI=1S/C9H6ClNO3/c1-12-8-5(3-11)9-7(2-6(8)10)13-4-14-9/h2H,4H2,1H3. The normalized spacial score (nSPS) is 12.4. The van der Waals surface area contributed by atoms with Crippen molar-refractivity contribution in [1.82, 2.24) is 0 Å². The van der Waals surface area contributed by atoms with Crippen molar-refractivity contribution in [2.45, 2.75) is 0 Å². The Kier molecular flexibility index (Phi) is 2.10. The highest BCUT2D eigenvalue weighted by atomic mass is 35.5. The summed E-state index contributed by atoms with van der Waals surface area (Å²) in [7, 11) is 1.45. The SMILES string of the molecule is COc1c(Cl)cc2c(c1C#N)OCO2. The molecule has 0 bridgehead atoms. The molecular formula is C9H6ClNO3. The minimum Gasteiger partial charge on any atom is -0.494 e. The van der Waals surface area contributed by atoms with Crippen LogP contribution in [0.25, 0.3) is 0 Å².